The lowest BCUT2D eigenvalue weighted by Gasteiger charge is -2.10. The van der Waals surface area contributed by atoms with E-state index in [0.29, 0.717) is 11.1 Å². The van der Waals surface area contributed by atoms with Gasteiger partial charge in [-0.25, -0.2) is 4.39 Å². The number of aliphatic hydroxyl groups excluding tert-OH is 1. The third-order valence-corrected chi connectivity index (χ3v) is 4.35. The molecule has 0 atom stereocenters. The van der Waals surface area contributed by atoms with E-state index in [1.165, 1.54) is 23.3 Å². The van der Waals surface area contributed by atoms with E-state index in [1.54, 1.807) is 6.07 Å². The Hall–Kier alpha value is -1.95. The van der Waals surface area contributed by atoms with E-state index in [9.17, 15) is 9.18 Å². The molecule has 2 aromatic carbocycles. The van der Waals surface area contributed by atoms with Crippen molar-refractivity contribution in [2.75, 3.05) is 13.1 Å². The maximum atomic E-state index is 13.6. The lowest BCUT2D eigenvalue weighted by Crippen LogP contribution is -2.23. The average Bonchev–Trinajstić information content (AvgIpc) is 2.84. The molecular formula is C19H22ClFN2O2. The molecule has 1 amide bonds. The third-order valence-electron chi connectivity index (χ3n) is 4.35. The van der Waals surface area contributed by atoms with Crippen LogP contribution in [0, 0.1) is 5.82 Å². The molecule has 4 nitrogen and oxygen atoms in total. The van der Waals surface area contributed by atoms with Crippen molar-refractivity contribution >= 4 is 18.3 Å². The Labute approximate surface area is 152 Å². The van der Waals surface area contributed by atoms with E-state index in [-0.39, 0.29) is 37.0 Å². The van der Waals surface area contributed by atoms with Crippen LogP contribution < -0.4 is 10.6 Å². The fourth-order valence-corrected chi connectivity index (χ4v) is 2.93. The quantitative estimate of drug-likeness (QED) is 0.780. The van der Waals surface area contributed by atoms with Gasteiger partial charge in [-0.05, 0) is 60.8 Å². The Morgan fingerprint density at radius 2 is 1.88 bits per heavy atom. The summed E-state index contributed by atoms with van der Waals surface area (Å²) >= 11 is 0. The highest BCUT2D eigenvalue weighted by molar-refractivity contribution is 5.94. The maximum absolute atomic E-state index is 13.6. The molecule has 2 aromatic rings. The number of carbonyl (C=O) groups is 1. The Balaban J connectivity index is 0.00000225. The minimum absolute atomic E-state index is 0. The lowest BCUT2D eigenvalue weighted by molar-refractivity contribution is 0.0950. The van der Waals surface area contributed by atoms with Gasteiger partial charge >= 0.3 is 0 Å². The molecule has 6 heteroatoms. The van der Waals surface area contributed by atoms with Gasteiger partial charge in [0.1, 0.15) is 5.82 Å². The number of rotatable bonds is 4. The van der Waals surface area contributed by atoms with Crippen LogP contribution in [-0.2, 0) is 26.0 Å². The predicted octanol–water partition coefficient (Wildman–Crippen LogP) is 2.36. The molecule has 25 heavy (non-hydrogen) atoms. The van der Waals surface area contributed by atoms with Crippen LogP contribution in [0.1, 0.15) is 32.6 Å². The van der Waals surface area contributed by atoms with E-state index in [1.807, 2.05) is 18.2 Å². The van der Waals surface area contributed by atoms with Gasteiger partial charge in [-0.3, -0.25) is 4.79 Å². The standard InChI is InChI=1S/C19H21FN2O2.ClH/c20-18-9-13(1-2-17(18)12-23)11-22-19(24)16-4-3-14-5-7-21-8-6-15(14)10-16;/h1-4,9-10,21,23H,5-8,11-12H2,(H,22,24);1H. The van der Waals surface area contributed by atoms with Crippen LogP contribution in [0.2, 0.25) is 0 Å². The first kappa shape index (κ1) is 19.4. The maximum Gasteiger partial charge on any atom is 0.251 e. The van der Waals surface area contributed by atoms with Crippen molar-refractivity contribution in [2.24, 2.45) is 0 Å². The molecule has 0 aliphatic carbocycles. The van der Waals surface area contributed by atoms with Crippen molar-refractivity contribution in [3.8, 4) is 0 Å². The number of fused-ring (bicyclic) bond motifs is 1. The molecule has 3 rings (SSSR count). The highest BCUT2D eigenvalue weighted by Gasteiger charge is 2.12. The number of nitrogens with one attached hydrogen (secondary N) is 2. The molecule has 0 saturated heterocycles. The molecule has 0 fully saturated rings. The zero-order valence-corrected chi connectivity index (χ0v) is 14.7. The zero-order valence-electron chi connectivity index (χ0n) is 13.8. The highest BCUT2D eigenvalue weighted by atomic mass is 35.5. The first-order valence-electron chi connectivity index (χ1n) is 8.16. The fraction of sp³-hybridized carbons (Fsp3) is 0.316. The molecule has 0 radical (unpaired) electrons. The van der Waals surface area contributed by atoms with Gasteiger partial charge in [0.15, 0.2) is 0 Å². The first-order chi connectivity index (χ1) is 11.7. The molecule has 1 heterocycles. The normalized spacial score (nSPS) is 13.4. The van der Waals surface area contributed by atoms with Gasteiger partial charge in [0, 0.05) is 17.7 Å². The minimum atomic E-state index is -0.457. The molecule has 0 bridgehead atoms. The Bertz CT molecular complexity index is 752. The topological polar surface area (TPSA) is 61.4 Å². The summed E-state index contributed by atoms with van der Waals surface area (Å²) in [6, 6.07) is 10.4. The minimum Gasteiger partial charge on any atom is -0.392 e. The molecule has 1 aliphatic heterocycles. The number of aliphatic hydroxyl groups is 1. The summed E-state index contributed by atoms with van der Waals surface area (Å²) in [5, 5.41) is 15.1. The van der Waals surface area contributed by atoms with Gasteiger partial charge in [0.2, 0.25) is 0 Å². The van der Waals surface area contributed by atoms with E-state index in [0.717, 1.165) is 25.9 Å². The second kappa shape index (κ2) is 8.94. The van der Waals surface area contributed by atoms with Gasteiger partial charge in [-0.2, -0.15) is 0 Å². The summed E-state index contributed by atoms with van der Waals surface area (Å²) in [6.07, 6.45) is 1.90. The smallest absolute Gasteiger partial charge is 0.251 e. The third kappa shape index (κ3) is 4.78. The highest BCUT2D eigenvalue weighted by Crippen LogP contribution is 2.16. The van der Waals surface area contributed by atoms with E-state index < -0.39 is 5.82 Å². The van der Waals surface area contributed by atoms with Gasteiger partial charge in [0.25, 0.3) is 5.91 Å². The summed E-state index contributed by atoms with van der Waals surface area (Å²) in [6.45, 7) is 1.81. The summed E-state index contributed by atoms with van der Waals surface area (Å²) in [5.74, 6) is -0.622. The van der Waals surface area contributed by atoms with Crippen molar-refractivity contribution in [3.63, 3.8) is 0 Å². The molecular weight excluding hydrogens is 343 g/mol. The van der Waals surface area contributed by atoms with Crippen LogP contribution in [0.25, 0.3) is 0 Å². The summed E-state index contributed by atoms with van der Waals surface area (Å²) in [7, 11) is 0. The molecule has 0 unspecified atom stereocenters. The number of hydrogen-bond acceptors (Lipinski definition) is 3. The van der Waals surface area contributed by atoms with Crippen LogP contribution >= 0.6 is 12.4 Å². The predicted molar refractivity (Wildman–Crippen MR) is 97.5 cm³/mol. The number of benzene rings is 2. The Morgan fingerprint density at radius 1 is 1.12 bits per heavy atom. The van der Waals surface area contributed by atoms with Gasteiger partial charge < -0.3 is 15.7 Å². The zero-order chi connectivity index (χ0) is 16.9. The van der Waals surface area contributed by atoms with Crippen LogP contribution in [0.5, 0.6) is 0 Å². The van der Waals surface area contributed by atoms with Crippen LogP contribution in [-0.4, -0.2) is 24.1 Å². The van der Waals surface area contributed by atoms with Crippen LogP contribution in [0.15, 0.2) is 36.4 Å². The number of hydrogen-bond donors (Lipinski definition) is 3. The lowest BCUT2D eigenvalue weighted by atomic mass is 10.00. The van der Waals surface area contributed by atoms with Crippen molar-refractivity contribution in [1.29, 1.82) is 0 Å². The van der Waals surface area contributed by atoms with Gasteiger partial charge in [0.05, 0.1) is 6.61 Å². The SMILES string of the molecule is Cl.O=C(NCc1ccc(CO)c(F)c1)c1ccc2c(c1)CCNCC2. The van der Waals surface area contributed by atoms with Gasteiger partial charge in [-0.1, -0.05) is 18.2 Å². The van der Waals surface area contributed by atoms with Crippen LogP contribution in [0.4, 0.5) is 4.39 Å². The number of carbonyl (C=O) groups excluding carboxylic acids is 1. The first-order valence-corrected chi connectivity index (χ1v) is 8.16. The summed E-state index contributed by atoms with van der Waals surface area (Å²) in [4.78, 5) is 12.3. The van der Waals surface area contributed by atoms with Gasteiger partial charge in [-0.15, -0.1) is 12.4 Å². The largest absolute Gasteiger partial charge is 0.392 e. The van der Waals surface area contributed by atoms with Crippen molar-refractivity contribution < 1.29 is 14.3 Å². The van der Waals surface area contributed by atoms with E-state index >= 15 is 0 Å². The van der Waals surface area contributed by atoms with Crippen molar-refractivity contribution in [1.82, 2.24) is 10.6 Å². The molecule has 134 valence electrons. The average molecular weight is 365 g/mol. The van der Waals surface area contributed by atoms with Crippen molar-refractivity contribution in [3.05, 3.63) is 70.0 Å². The Morgan fingerprint density at radius 3 is 2.60 bits per heavy atom. The molecule has 1 aliphatic rings. The molecule has 0 saturated carbocycles. The monoisotopic (exact) mass is 364 g/mol. The fourth-order valence-electron chi connectivity index (χ4n) is 2.93. The summed E-state index contributed by atoms with van der Waals surface area (Å²) in [5.41, 5.74) is 4.05. The molecule has 0 aromatic heterocycles. The summed E-state index contributed by atoms with van der Waals surface area (Å²) < 4.78 is 13.6. The second-order valence-corrected chi connectivity index (χ2v) is 6.00. The molecule has 3 N–H and O–H groups in total. The van der Waals surface area contributed by atoms with E-state index in [2.05, 4.69) is 10.6 Å². The number of amides is 1. The van der Waals surface area contributed by atoms with E-state index in [4.69, 9.17) is 5.11 Å². The Kier molecular flexibility index (Phi) is 6.93. The second-order valence-electron chi connectivity index (χ2n) is 6.00. The van der Waals surface area contributed by atoms with Crippen LogP contribution in [0.3, 0.4) is 0 Å². The van der Waals surface area contributed by atoms with Crippen molar-refractivity contribution in [2.45, 2.75) is 26.0 Å². The molecule has 0 spiro atoms. The number of halogens is 2.